The zero-order chi connectivity index (χ0) is 29.1. The van der Waals surface area contributed by atoms with Gasteiger partial charge in [-0.05, 0) is 63.1 Å². The quantitative estimate of drug-likeness (QED) is 0.404. The van der Waals surface area contributed by atoms with E-state index in [1.807, 2.05) is 12.1 Å². The molecule has 3 saturated heterocycles. The summed E-state index contributed by atoms with van der Waals surface area (Å²) in [5.41, 5.74) is 8.69. The Balaban J connectivity index is 1.26. The molecule has 0 bridgehead atoms. The zero-order valence-corrected chi connectivity index (χ0v) is 24.7. The predicted molar refractivity (Wildman–Crippen MR) is 163 cm³/mol. The Morgan fingerprint density at radius 2 is 1.78 bits per heavy atom. The number of nitrogens with zero attached hydrogens (tertiary/aromatic N) is 6. The van der Waals surface area contributed by atoms with Crippen molar-refractivity contribution in [1.82, 2.24) is 24.7 Å². The highest BCUT2D eigenvalue weighted by molar-refractivity contribution is 6.32. The average Bonchev–Trinajstić information content (AvgIpc) is 3.43. The molecular weight excluding hydrogens is 542 g/mol. The molecule has 220 valence electrons. The molecule has 0 spiro atoms. The Kier molecular flexibility index (Phi) is 8.96. The van der Waals surface area contributed by atoms with Crippen LogP contribution in [0.2, 0.25) is 5.15 Å². The molecule has 2 aromatic rings. The van der Waals surface area contributed by atoms with Gasteiger partial charge in [0.05, 0.1) is 0 Å². The number of piperidine rings is 1. The molecule has 4 heterocycles. The fraction of sp³-hybridized carbons (Fsp3) is 0.517. The number of likely N-dealkylation sites (N-methyl/N-ethyl adjacent to an activating group) is 1. The van der Waals surface area contributed by atoms with Crippen LogP contribution in [0.3, 0.4) is 0 Å². The van der Waals surface area contributed by atoms with Gasteiger partial charge in [0, 0.05) is 75.8 Å². The van der Waals surface area contributed by atoms with E-state index in [1.54, 1.807) is 4.90 Å². The number of benzene rings is 1. The Labute approximate surface area is 246 Å². The predicted octanol–water partition coefficient (Wildman–Crippen LogP) is 2.70. The summed E-state index contributed by atoms with van der Waals surface area (Å²) < 4.78 is 0. The highest BCUT2D eigenvalue weighted by Crippen LogP contribution is 2.31. The van der Waals surface area contributed by atoms with E-state index in [1.165, 1.54) is 24.6 Å². The molecule has 1 aromatic carbocycles. The molecule has 2 amide bonds. The maximum absolute atomic E-state index is 12.2. The lowest BCUT2D eigenvalue weighted by Crippen LogP contribution is -2.52. The molecule has 0 saturated carbocycles. The maximum Gasteiger partial charge on any atom is 0.271 e. The normalized spacial score (nSPS) is 20.7. The monoisotopic (exact) mass is 581 g/mol. The molecule has 4 N–H and O–H groups in total. The molecule has 0 aliphatic carbocycles. The van der Waals surface area contributed by atoms with Gasteiger partial charge in [-0.15, -0.1) is 0 Å². The number of piperazine rings is 1. The molecule has 3 aliphatic rings. The van der Waals surface area contributed by atoms with Crippen LogP contribution in [0.4, 0.5) is 23.0 Å². The lowest BCUT2D eigenvalue weighted by molar-refractivity contribution is -0.125. The number of amides is 2. The van der Waals surface area contributed by atoms with Crippen molar-refractivity contribution >= 4 is 46.4 Å². The Morgan fingerprint density at radius 3 is 2.44 bits per heavy atom. The fourth-order valence-corrected chi connectivity index (χ4v) is 6.23. The van der Waals surface area contributed by atoms with Crippen LogP contribution in [0.5, 0.6) is 0 Å². The number of aryl methyl sites for hydroxylation is 1. The first-order chi connectivity index (χ1) is 19.7. The topological polar surface area (TPSA) is 123 Å². The van der Waals surface area contributed by atoms with Gasteiger partial charge < -0.3 is 31.1 Å². The largest absolute Gasteiger partial charge is 0.371 e. The van der Waals surface area contributed by atoms with Crippen molar-refractivity contribution in [3.8, 4) is 0 Å². The van der Waals surface area contributed by atoms with Crippen molar-refractivity contribution in [1.29, 1.82) is 0 Å². The number of hydrogen-bond donors (Lipinski definition) is 3. The third kappa shape index (κ3) is 6.74. The summed E-state index contributed by atoms with van der Waals surface area (Å²) >= 11 is 6.37. The van der Waals surface area contributed by atoms with Crippen LogP contribution >= 0.6 is 11.6 Å². The SMILES string of the molecule is C=CC(=O)N1CC[C@@H](Nc2nc(Nc3ccc(N4CCC(N5CCN(C)CC5)CC4)c(C)c3)c(C(N)=O)nc2Cl)C1. The van der Waals surface area contributed by atoms with Crippen LogP contribution in [-0.2, 0) is 4.79 Å². The minimum Gasteiger partial charge on any atom is -0.371 e. The lowest BCUT2D eigenvalue weighted by atomic mass is 10.0. The van der Waals surface area contributed by atoms with Gasteiger partial charge in [-0.1, -0.05) is 18.2 Å². The fourth-order valence-electron chi connectivity index (χ4n) is 6.05. The van der Waals surface area contributed by atoms with Crippen LogP contribution in [0.25, 0.3) is 0 Å². The second-order valence-electron chi connectivity index (χ2n) is 11.2. The van der Waals surface area contributed by atoms with Gasteiger partial charge in [0.15, 0.2) is 22.5 Å². The van der Waals surface area contributed by atoms with E-state index in [2.05, 4.69) is 61.9 Å². The van der Waals surface area contributed by atoms with E-state index >= 15 is 0 Å². The second kappa shape index (κ2) is 12.6. The number of anilines is 4. The molecule has 41 heavy (non-hydrogen) atoms. The van der Waals surface area contributed by atoms with Gasteiger partial charge >= 0.3 is 0 Å². The van der Waals surface area contributed by atoms with Crippen molar-refractivity contribution in [2.24, 2.45) is 5.73 Å². The van der Waals surface area contributed by atoms with Gasteiger partial charge in [-0.3, -0.25) is 14.5 Å². The van der Waals surface area contributed by atoms with Crippen molar-refractivity contribution < 1.29 is 9.59 Å². The van der Waals surface area contributed by atoms with Crippen LogP contribution in [0.15, 0.2) is 30.9 Å². The van der Waals surface area contributed by atoms with E-state index in [4.69, 9.17) is 17.3 Å². The number of carbonyl (C=O) groups excluding carboxylic acids is 2. The number of nitrogens with one attached hydrogen (secondary N) is 2. The molecule has 3 fully saturated rings. The van der Waals surface area contributed by atoms with E-state index in [-0.39, 0.29) is 28.6 Å². The van der Waals surface area contributed by atoms with Gasteiger partial charge in [0.25, 0.3) is 5.91 Å². The van der Waals surface area contributed by atoms with Crippen molar-refractivity contribution in [2.45, 2.75) is 38.3 Å². The Hall–Kier alpha value is -3.41. The zero-order valence-electron chi connectivity index (χ0n) is 23.9. The number of likely N-dealkylation sites (tertiary alicyclic amines) is 1. The van der Waals surface area contributed by atoms with Gasteiger partial charge in [0.1, 0.15) is 0 Å². The Morgan fingerprint density at radius 1 is 1.05 bits per heavy atom. The Bertz CT molecular complexity index is 1290. The summed E-state index contributed by atoms with van der Waals surface area (Å²) in [6, 6.07) is 6.75. The van der Waals surface area contributed by atoms with Crippen molar-refractivity contribution in [3.63, 3.8) is 0 Å². The number of primary amides is 1. The number of nitrogens with two attached hydrogens (primary N) is 1. The molecule has 0 radical (unpaired) electrons. The minimum absolute atomic E-state index is 0.0388. The first kappa shape index (κ1) is 29.1. The molecule has 11 nitrogen and oxygen atoms in total. The van der Waals surface area contributed by atoms with Gasteiger partial charge in [-0.2, -0.15) is 0 Å². The maximum atomic E-state index is 12.2. The second-order valence-corrected chi connectivity index (χ2v) is 11.6. The first-order valence-corrected chi connectivity index (χ1v) is 14.7. The van der Waals surface area contributed by atoms with Gasteiger partial charge in [-0.25, -0.2) is 9.97 Å². The highest BCUT2D eigenvalue weighted by atomic mass is 35.5. The van der Waals surface area contributed by atoms with Gasteiger partial charge in [0.2, 0.25) is 5.91 Å². The number of halogens is 1. The molecule has 12 heteroatoms. The third-order valence-electron chi connectivity index (χ3n) is 8.42. The molecule has 0 unspecified atom stereocenters. The molecule has 1 aromatic heterocycles. The van der Waals surface area contributed by atoms with E-state index in [0.717, 1.165) is 56.9 Å². The van der Waals surface area contributed by atoms with Crippen molar-refractivity contribution in [3.05, 3.63) is 47.3 Å². The van der Waals surface area contributed by atoms with Crippen LogP contribution < -0.4 is 21.3 Å². The van der Waals surface area contributed by atoms with Crippen molar-refractivity contribution in [2.75, 3.05) is 74.9 Å². The molecule has 1 atom stereocenters. The number of carbonyl (C=O) groups is 2. The highest BCUT2D eigenvalue weighted by Gasteiger charge is 2.28. The smallest absolute Gasteiger partial charge is 0.271 e. The minimum atomic E-state index is -0.728. The molecule has 5 rings (SSSR count). The van der Waals surface area contributed by atoms with Crippen LogP contribution in [0.1, 0.15) is 35.3 Å². The summed E-state index contributed by atoms with van der Waals surface area (Å²) in [4.78, 5) is 42.2. The third-order valence-corrected chi connectivity index (χ3v) is 8.68. The number of aromatic nitrogens is 2. The van der Waals surface area contributed by atoms with E-state index in [9.17, 15) is 9.59 Å². The van der Waals surface area contributed by atoms with Crippen LogP contribution in [-0.4, -0.2) is 108 Å². The summed E-state index contributed by atoms with van der Waals surface area (Å²) in [6.07, 6.45) is 4.37. The average molecular weight is 582 g/mol. The summed E-state index contributed by atoms with van der Waals surface area (Å²) in [7, 11) is 2.20. The number of hydrogen-bond acceptors (Lipinski definition) is 9. The van der Waals surface area contributed by atoms with E-state index in [0.29, 0.717) is 24.9 Å². The lowest BCUT2D eigenvalue weighted by Gasteiger charge is -2.43. The first-order valence-electron chi connectivity index (χ1n) is 14.3. The van der Waals surface area contributed by atoms with E-state index < -0.39 is 5.91 Å². The number of rotatable bonds is 8. The summed E-state index contributed by atoms with van der Waals surface area (Å²) in [5, 5.41) is 6.54. The standard InChI is InChI=1S/C29H40ClN9O2/c1-4-24(40)39-10-7-21(18-39)33-29-26(30)34-25(27(31)41)28(35-29)32-20-5-6-23(19(2)17-20)38-11-8-22(9-12-38)37-15-13-36(3)14-16-37/h4-6,17,21-22H,1,7-16,18H2,2-3H3,(H2,31,41)(H2,32,33,35)/t21-/m1/s1. The molecule has 3 aliphatic heterocycles. The summed E-state index contributed by atoms with van der Waals surface area (Å²) in [5.74, 6) is -0.292. The molecular formula is C29H40ClN9O2. The summed E-state index contributed by atoms with van der Waals surface area (Å²) in [6.45, 7) is 13.4. The van der Waals surface area contributed by atoms with Crippen LogP contribution in [0, 0.1) is 6.92 Å².